The van der Waals surface area contributed by atoms with Crippen molar-refractivity contribution in [3.05, 3.63) is 54.1 Å². The van der Waals surface area contributed by atoms with E-state index >= 15 is 0 Å². The van der Waals surface area contributed by atoms with Gasteiger partial charge in [-0.3, -0.25) is 9.10 Å². The first kappa shape index (κ1) is 22.5. The van der Waals surface area contributed by atoms with Crippen LogP contribution in [0.5, 0.6) is 11.5 Å². The number of sulfonamides is 1. The Morgan fingerprint density at radius 2 is 1.66 bits per heavy atom. The van der Waals surface area contributed by atoms with Crippen LogP contribution in [-0.2, 0) is 14.8 Å². The molecule has 0 heterocycles. The zero-order valence-electron chi connectivity index (χ0n) is 17.2. The number of ether oxygens (including phenoxy) is 2. The molecule has 0 aliphatic rings. The Bertz CT molecular complexity index is 913. The van der Waals surface area contributed by atoms with Crippen LogP contribution < -0.4 is 19.1 Å². The van der Waals surface area contributed by atoms with Gasteiger partial charge in [-0.15, -0.1) is 0 Å². The summed E-state index contributed by atoms with van der Waals surface area (Å²) in [6.07, 6.45) is 1.07. The minimum atomic E-state index is -3.69. The van der Waals surface area contributed by atoms with Crippen LogP contribution in [0.3, 0.4) is 0 Å². The van der Waals surface area contributed by atoms with Gasteiger partial charge in [0, 0.05) is 0 Å². The van der Waals surface area contributed by atoms with E-state index in [1.165, 1.54) is 0 Å². The molecule has 1 N–H and O–H groups in total. The van der Waals surface area contributed by atoms with Crippen LogP contribution in [0.2, 0.25) is 0 Å². The molecule has 0 radical (unpaired) electrons. The highest BCUT2D eigenvalue weighted by atomic mass is 32.2. The third-order valence-corrected chi connectivity index (χ3v) is 5.32. The summed E-state index contributed by atoms with van der Waals surface area (Å²) in [5.74, 6) is 0.751. The van der Waals surface area contributed by atoms with Gasteiger partial charge < -0.3 is 14.8 Å². The fourth-order valence-electron chi connectivity index (χ4n) is 2.84. The Hall–Kier alpha value is -2.74. The average Bonchev–Trinajstić information content (AvgIpc) is 2.67. The Morgan fingerprint density at radius 3 is 2.24 bits per heavy atom. The number of hydrogen-bond donors (Lipinski definition) is 1. The van der Waals surface area contributed by atoms with E-state index in [-0.39, 0.29) is 12.6 Å². The van der Waals surface area contributed by atoms with Crippen LogP contribution >= 0.6 is 0 Å². The number of amides is 1. The summed E-state index contributed by atoms with van der Waals surface area (Å²) in [5, 5.41) is 2.84. The zero-order valence-corrected chi connectivity index (χ0v) is 18.0. The number of benzene rings is 2. The molecule has 0 aromatic heterocycles. The molecular weight excluding hydrogens is 392 g/mol. The van der Waals surface area contributed by atoms with Gasteiger partial charge in [0.05, 0.1) is 31.2 Å². The van der Waals surface area contributed by atoms with Crippen molar-refractivity contribution in [2.24, 2.45) is 0 Å². The van der Waals surface area contributed by atoms with E-state index in [1.807, 2.05) is 45.0 Å². The van der Waals surface area contributed by atoms with Crippen molar-refractivity contribution in [3.8, 4) is 11.5 Å². The number of nitrogens with zero attached hydrogens (tertiary/aromatic N) is 1. The summed E-state index contributed by atoms with van der Waals surface area (Å²) >= 11 is 0. The second kappa shape index (κ2) is 10.2. The van der Waals surface area contributed by atoms with Gasteiger partial charge in [0.2, 0.25) is 15.9 Å². The van der Waals surface area contributed by atoms with Gasteiger partial charge in [0.25, 0.3) is 0 Å². The molecule has 158 valence electrons. The molecule has 1 amide bonds. The van der Waals surface area contributed by atoms with Crippen LogP contribution in [0.25, 0.3) is 0 Å². The number of hydrogen-bond acceptors (Lipinski definition) is 5. The van der Waals surface area contributed by atoms with Crippen molar-refractivity contribution in [1.29, 1.82) is 0 Å². The zero-order chi connectivity index (χ0) is 21.4. The van der Waals surface area contributed by atoms with E-state index in [1.54, 1.807) is 24.3 Å². The maximum Gasteiger partial charge on any atom is 0.241 e. The van der Waals surface area contributed by atoms with Gasteiger partial charge in [0.1, 0.15) is 18.0 Å². The maximum atomic E-state index is 12.6. The molecule has 2 aromatic carbocycles. The van der Waals surface area contributed by atoms with E-state index in [0.29, 0.717) is 24.7 Å². The van der Waals surface area contributed by atoms with E-state index in [9.17, 15) is 13.2 Å². The van der Waals surface area contributed by atoms with Crippen LogP contribution in [0.4, 0.5) is 5.69 Å². The molecule has 8 heteroatoms. The SMILES string of the molecule is CCOc1ccc([C@@H](C)NC(=O)CN(c2ccccc2OCC)S(C)(=O)=O)cc1. The molecule has 29 heavy (non-hydrogen) atoms. The van der Waals surface area contributed by atoms with E-state index in [2.05, 4.69) is 5.32 Å². The van der Waals surface area contributed by atoms with Gasteiger partial charge in [-0.2, -0.15) is 0 Å². The minimum absolute atomic E-state index is 0.290. The summed E-state index contributed by atoms with van der Waals surface area (Å²) in [6, 6.07) is 13.9. The molecule has 7 nitrogen and oxygen atoms in total. The van der Waals surface area contributed by atoms with Crippen LogP contribution in [0, 0.1) is 0 Å². The quantitative estimate of drug-likeness (QED) is 0.638. The lowest BCUT2D eigenvalue weighted by atomic mass is 10.1. The van der Waals surface area contributed by atoms with E-state index < -0.39 is 15.9 Å². The van der Waals surface area contributed by atoms with Crippen molar-refractivity contribution in [3.63, 3.8) is 0 Å². The second-order valence-corrected chi connectivity index (χ2v) is 8.37. The first-order valence-electron chi connectivity index (χ1n) is 9.47. The van der Waals surface area contributed by atoms with Crippen molar-refractivity contribution < 1.29 is 22.7 Å². The van der Waals surface area contributed by atoms with Gasteiger partial charge in [-0.05, 0) is 50.6 Å². The molecular formula is C21H28N2O5S. The molecule has 2 rings (SSSR count). The van der Waals surface area contributed by atoms with Gasteiger partial charge in [-0.1, -0.05) is 24.3 Å². The number of nitrogens with one attached hydrogen (secondary N) is 1. The molecule has 0 unspecified atom stereocenters. The van der Waals surface area contributed by atoms with E-state index in [4.69, 9.17) is 9.47 Å². The second-order valence-electron chi connectivity index (χ2n) is 6.46. The molecule has 0 saturated carbocycles. The summed E-state index contributed by atoms with van der Waals surface area (Å²) in [7, 11) is -3.69. The maximum absolute atomic E-state index is 12.6. The lowest BCUT2D eigenvalue weighted by Crippen LogP contribution is -2.41. The fourth-order valence-corrected chi connectivity index (χ4v) is 3.70. The van der Waals surface area contributed by atoms with Crippen molar-refractivity contribution in [2.75, 3.05) is 30.3 Å². The summed E-state index contributed by atoms with van der Waals surface area (Å²) in [4.78, 5) is 12.6. The van der Waals surface area contributed by atoms with Crippen LogP contribution in [0.1, 0.15) is 32.4 Å². The molecule has 0 aliphatic heterocycles. The number of carbonyl (C=O) groups excluding carboxylic acids is 1. The number of carbonyl (C=O) groups is 1. The molecule has 0 aliphatic carbocycles. The number of rotatable bonds is 10. The minimum Gasteiger partial charge on any atom is -0.494 e. The van der Waals surface area contributed by atoms with E-state index in [0.717, 1.165) is 21.9 Å². The number of para-hydroxylation sites is 2. The molecule has 0 bridgehead atoms. The van der Waals surface area contributed by atoms with Crippen molar-refractivity contribution in [1.82, 2.24) is 5.32 Å². The average molecular weight is 421 g/mol. The van der Waals surface area contributed by atoms with Gasteiger partial charge in [0.15, 0.2) is 0 Å². The predicted molar refractivity (Wildman–Crippen MR) is 114 cm³/mol. The lowest BCUT2D eigenvalue weighted by Gasteiger charge is -2.25. The monoisotopic (exact) mass is 420 g/mol. The first-order chi connectivity index (χ1) is 13.8. The van der Waals surface area contributed by atoms with Gasteiger partial charge >= 0.3 is 0 Å². The smallest absolute Gasteiger partial charge is 0.241 e. The standard InChI is InChI=1S/C21H28N2O5S/c1-5-27-18-13-11-17(12-14-18)16(3)22-21(24)15-23(29(4,25)26)19-9-7-8-10-20(19)28-6-2/h7-14,16H,5-6,15H2,1-4H3,(H,22,24)/t16-/m1/s1. The normalized spacial score (nSPS) is 12.1. The lowest BCUT2D eigenvalue weighted by molar-refractivity contribution is -0.120. The molecule has 1 atom stereocenters. The van der Waals surface area contributed by atoms with Crippen molar-refractivity contribution in [2.45, 2.75) is 26.8 Å². The fraction of sp³-hybridized carbons (Fsp3) is 0.381. The van der Waals surface area contributed by atoms with Crippen LogP contribution in [-0.4, -0.2) is 40.3 Å². The summed E-state index contributed by atoms with van der Waals surface area (Å²) < 4.78 is 36.7. The highest BCUT2D eigenvalue weighted by molar-refractivity contribution is 7.92. The topological polar surface area (TPSA) is 84.9 Å². The van der Waals surface area contributed by atoms with Crippen LogP contribution in [0.15, 0.2) is 48.5 Å². The number of anilines is 1. The first-order valence-corrected chi connectivity index (χ1v) is 11.3. The summed E-state index contributed by atoms with van der Waals surface area (Å²) in [6.45, 7) is 6.18. The molecule has 0 spiro atoms. The Morgan fingerprint density at radius 1 is 1.03 bits per heavy atom. The highest BCUT2D eigenvalue weighted by Crippen LogP contribution is 2.29. The molecule has 0 saturated heterocycles. The Labute approximate surface area is 172 Å². The summed E-state index contributed by atoms with van der Waals surface area (Å²) in [5.41, 5.74) is 1.23. The van der Waals surface area contributed by atoms with Gasteiger partial charge in [-0.25, -0.2) is 8.42 Å². The Balaban J connectivity index is 2.15. The third kappa shape index (κ3) is 6.39. The predicted octanol–water partition coefficient (Wildman–Crippen LogP) is 3.13. The van der Waals surface area contributed by atoms with Crippen molar-refractivity contribution >= 4 is 21.6 Å². The Kier molecular flexibility index (Phi) is 7.90. The third-order valence-electron chi connectivity index (χ3n) is 4.19. The molecule has 0 fully saturated rings. The molecule has 2 aromatic rings. The highest BCUT2D eigenvalue weighted by Gasteiger charge is 2.24. The largest absolute Gasteiger partial charge is 0.494 e.